The van der Waals surface area contributed by atoms with Crippen molar-refractivity contribution in [3.05, 3.63) is 12.2 Å². The molecule has 0 spiro atoms. The summed E-state index contributed by atoms with van der Waals surface area (Å²) in [7, 11) is 1.61. The van der Waals surface area contributed by atoms with Gasteiger partial charge < -0.3 is 19.8 Å². The maximum Gasteiger partial charge on any atom is 0.472 e. The maximum atomic E-state index is 12.8. The van der Waals surface area contributed by atoms with Crippen LogP contribution >= 0.6 is 7.82 Å². The number of carbonyl (C=O) groups is 1. The Labute approximate surface area is 284 Å². The van der Waals surface area contributed by atoms with Crippen LogP contribution in [0.2, 0.25) is 0 Å². The van der Waals surface area contributed by atoms with E-state index in [9.17, 15) is 19.4 Å². The number of unbranched alkanes of at least 4 members (excludes halogenated alkanes) is 19. The van der Waals surface area contributed by atoms with Crippen LogP contribution in [0.4, 0.5) is 0 Å². The van der Waals surface area contributed by atoms with Crippen molar-refractivity contribution in [2.75, 3.05) is 40.9 Å². The van der Waals surface area contributed by atoms with Gasteiger partial charge >= 0.3 is 7.82 Å². The van der Waals surface area contributed by atoms with Crippen molar-refractivity contribution in [2.45, 2.75) is 180 Å². The second kappa shape index (κ2) is 30.3. The van der Waals surface area contributed by atoms with E-state index in [0.717, 1.165) is 51.4 Å². The Kier molecular flexibility index (Phi) is 29.8. The molecule has 3 atom stereocenters. The Hall–Kier alpha value is -0.760. The summed E-state index contributed by atoms with van der Waals surface area (Å²) in [6.45, 7) is 4.82. The Morgan fingerprint density at radius 1 is 0.717 bits per heavy atom. The molecule has 1 amide bonds. The van der Waals surface area contributed by atoms with Crippen LogP contribution in [0.3, 0.4) is 0 Å². The number of phosphoric ester groups is 1. The number of amides is 1. The predicted octanol–water partition coefficient (Wildman–Crippen LogP) is 9.63. The van der Waals surface area contributed by atoms with Gasteiger partial charge in [-0.1, -0.05) is 142 Å². The molecule has 8 nitrogen and oxygen atoms in total. The summed E-state index contributed by atoms with van der Waals surface area (Å²) in [4.78, 5) is 23.0. The number of likely N-dealkylation sites (N-methyl/N-ethyl adjacent to an activating group) is 1. The summed E-state index contributed by atoms with van der Waals surface area (Å²) in [5.74, 6) is -0.157. The molecule has 0 heterocycles. The molecule has 0 aliphatic heterocycles. The number of aliphatic hydroxyl groups is 1. The van der Waals surface area contributed by atoms with Crippen molar-refractivity contribution in [3.8, 4) is 0 Å². The molecule has 0 bridgehead atoms. The number of nitrogens with zero attached hydrogens (tertiary/aromatic N) is 1. The van der Waals surface area contributed by atoms with Gasteiger partial charge in [-0.25, -0.2) is 4.57 Å². The molecule has 0 aromatic rings. The molecule has 3 N–H and O–H groups in total. The van der Waals surface area contributed by atoms with Gasteiger partial charge in [0.15, 0.2) is 0 Å². The highest BCUT2D eigenvalue weighted by molar-refractivity contribution is 7.47. The number of hydrogen-bond donors (Lipinski definition) is 3. The fourth-order valence-corrected chi connectivity index (χ4v) is 6.11. The number of carbonyl (C=O) groups excluding carboxylic acids is 1. The van der Waals surface area contributed by atoms with Gasteiger partial charge in [0.2, 0.25) is 5.91 Å². The molecule has 0 aromatic carbocycles. The molecule has 3 unspecified atom stereocenters. The zero-order valence-corrected chi connectivity index (χ0v) is 31.7. The lowest BCUT2D eigenvalue weighted by Gasteiger charge is -2.26. The monoisotopic (exact) mass is 676 g/mol. The topological polar surface area (TPSA) is 105 Å². The molecule has 274 valence electrons. The van der Waals surface area contributed by atoms with Crippen molar-refractivity contribution >= 4 is 13.7 Å². The van der Waals surface area contributed by atoms with Gasteiger partial charge in [0.05, 0.1) is 39.9 Å². The number of rotatable bonds is 34. The molecule has 0 aliphatic carbocycles. The van der Waals surface area contributed by atoms with Crippen LogP contribution in [0.5, 0.6) is 0 Å². The molecule has 0 saturated heterocycles. The van der Waals surface area contributed by atoms with Crippen LogP contribution in [0.25, 0.3) is 0 Å². The van der Waals surface area contributed by atoms with Gasteiger partial charge in [0.25, 0.3) is 0 Å². The summed E-state index contributed by atoms with van der Waals surface area (Å²) in [6, 6.07) is -0.758. The third kappa shape index (κ3) is 31.8. The Bertz CT molecular complexity index is 773. The standard InChI is InChI=1S/C37H75N2O6P/c1-6-8-10-12-14-16-18-19-21-22-24-26-28-30-36(40)35(34-45-46(42,43)44-33-32-39(3,4)5)38-37(41)31-29-27-25-23-20-17-15-13-11-9-7-2/h13,15,35-36,40H,6-12,14,16-34H2,1-5H3,(H-,38,41,42,43)/p+1/b15-13-. The lowest BCUT2D eigenvalue weighted by Crippen LogP contribution is -2.46. The number of hydrogen-bond acceptors (Lipinski definition) is 5. The van der Waals surface area contributed by atoms with E-state index >= 15 is 0 Å². The first kappa shape index (κ1) is 45.2. The molecule has 0 rings (SSSR count). The average Bonchev–Trinajstić information content (AvgIpc) is 2.99. The van der Waals surface area contributed by atoms with E-state index in [0.29, 0.717) is 23.9 Å². The minimum atomic E-state index is -4.30. The van der Waals surface area contributed by atoms with Gasteiger partial charge in [0.1, 0.15) is 13.2 Å². The summed E-state index contributed by atoms with van der Waals surface area (Å²) >= 11 is 0. The van der Waals surface area contributed by atoms with E-state index in [4.69, 9.17) is 9.05 Å². The minimum Gasteiger partial charge on any atom is -0.391 e. The molecule has 0 saturated carbocycles. The number of allylic oxidation sites excluding steroid dienone is 2. The van der Waals surface area contributed by atoms with Crippen molar-refractivity contribution in [3.63, 3.8) is 0 Å². The molecule has 9 heteroatoms. The molecule has 0 radical (unpaired) electrons. The first-order chi connectivity index (χ1) is 22.0. The van der Waals surface area contributed by atoms with Crippen molar-refractivity contribution in [2.24, 2.45) is 0 Å². The highest BCUT2D eigenvalue weighted by Crippen LogP contribution is 2.43. The van der Waals surface area contributed by atoms with Crippen LogP contribution < -0.4 is 5.32 Å². The first-order valence-corrected chi connectivity index (χ1v) is 20.5. The van der Waals surface area contributed by atoms with Gasteiger partial charge in [0, 0.05) is 6.42 Å². The first-order valence-electron chi connectivity index (χ1n) is 19.1. The van der Waals surface area contributed by atoms with Gasteiger partial charge in [-0.2, -0.15) is 0 Å². The molecule has 0 fully saturated rings. The predicted molar refractivity (Wildman–Crippen MR) is 194 cm³/mol. The summed E-state index contributed by atoms with van der Waals surface area (Å²) in [6.07, 6.45) is 30.8. The number of quaternary nitrogens is 1. The van der Waals surface area contributed by atoms with Crippen molar-refractivity contribution < 1.29 is 32.9 Å². The Balaban J connectivity index is 4.48. The van der Waals surface area contributed by atoms with Crippen LogP contribution in [0.1, 0.15) is 168 Å². The average molecular weight is 676 g/mol. The van der Waals surface area contributed by atoms with Crippen LogP contribution in [0.15, 0.2) is 12.2 Å². The molecular formula is C37H76N2O6P+. The molecule has 0 aromatic heterocycles. The normalized spacial score (nSPS) is 14.8. The van der Waals surface area contributed by atoms with Crippen LogP contribution in [-0.2, 0) is 18.4 Å². The van der Waals surface area contributed by atoms with Gasteiger partial charge in [-0.3, -0.25) is 13.8 Å². The van der Waals surface area contributed by atoms with E-state index in [-0.39, 0.29) is 19.1 Å². The maximum absolute atomic E-state index is 12.8. The van der Waals surface area contributed by atoms with Crippen molar-refractivity contribution in [1.82, 2.24) is 5.32 Å². The lowest BCUT2D eigenvalue weighted by molar-refractivity contribution is -0.870. The Morgan fingerprint density at radius 3 is 1.74 bits per heavy atom. The van der Waals surface area contributed by atoms with Gasteiger partial charge in [-0.05, 0) is 32.1 Å². The third-order valence-electron chi connectivity index (χ3n) is 8.51. The van der Waals surface area contributed by atoms with Crippen LogP contribution in [-0.4, -0.2) is 73.4 Å². The molecule has 0 aliphatic rings. The van der Waals surface area contributed by atoms with Gasteiger partial charge in [-0.15, -0.1) is 0 Å². The second-order valence-corrected chi connectivity index (χ2v) is 15.8. The summed E-state index contributed by atoms with van der Waals surface area (Å²) in [5.41, 5.74) is 0. The van der Waals surface area contributed by atoms with E-state index in [1.54, 1.807) is 0 Å². The minimum absolute atomic E-state index is 0.0744. The smallest absolute Gasteiger partial charge is 0.391 e. The highest BCUT2D eigenvalue weighted by atomic mass is 31.2. The third-order valence-corrected chi connectivity index (χ3v) is 9.50. The fourth-order valence-electron chi connectivity index (χ4n) is 5.38. The quantitative estimate of drug-likeness (QED) is 0.0272. The Morgan fingerprint density at radius 2 is 1.20 bits per heavy atom. The number of aliphatic hydroxyl groups excluding tert-OH is 1. The SMILES string of the molecule is CCCC/C=C\CCCCCCCC(=O)NC(COP(=O)(O)OCC[N+](C)(C)C)C(O)CCCCCCCCCCCCCCC. The van der Waals surface area contributed by atoms with E-state index in [1.807, 2.05) is 21.1 Å². The zero-order valence-electron chi connectivity index (χ0n) is 30.8. The summed E-state index contributed by atoms with van der Waals surface area (Å²) in [5, 5.41) is 13.8. The van der Waals surface area contributed by atoms with Crippen LogP contribution in [0, 0.1) is 0 Å². The molecular weight excluding hydrogens is 599 g/mol. The van der Waals surface area contributed by atoms with E-state index in [2.05, 4.69) is 31.3 Å². The molecule has 46 heavy (non-hydrogen) atoms. The number of phosphoric acid groups is 1. The number of nitrogens with one attached hydrogen (secondary N) is 1. The van der Waals surface area contributed by atoms with Crippen molar-refractivity contribution in [1.29, 1.82) is 0 Å². The fraction of sp³-hybridized carbons (Fsp3) is 0.919. The largest absolute Gasteiger partial charge is 0.472 e. The zero-order chi connectivity index (χ0) is 34.4. The second-order valence-electron chi connectivity index (χ2n) is 14.3. The lowest BCUT2D eigenvalue weighted by atomic mass is 10.0. The van der Waals surface area contributed by atoms with E-state index < -0.39 is 20.0 Å². The van der Waals surface area contributed by atoms with E-state index in [1.165, 1.54) is 89.9 Å². The highest BCUT2D eigenvalue weighted by Gasteiger charge is 2.28. The summed E-state index contributed by atoms with van der Waals surface area (Å²) < 4.78 is 23.5.